The second-order valence-corrected chi connectivity index (χ2v) is 4.39. The van der Waals surface area contributed by atoms with Crippen molar-refractivity contribution in [3.8, 4) is 11.6 Å². The van der Waals surface area contributed by atoms with Gasteiger partial charge in [0.1, 0.15) is 17.6 Å². The van der Waals surface area contributed by atoms with Crippen LogP contribution in [-0.4, -0.2) is 21.0 Å². The Bertz CT molecular complexity index is 602. The molecule has 1 aromatic heterocycles. The number of aromatic nitrogens is 2. The van der Waals surface area contributed by atoms with Crippen LogP contribution in [0, 0.1) is 6.92 Å². The largest absolute Gasteiger partial charge is 0.478 e. The van der Waals surface area contributed by atoms with E-state index in [4.69, 9.17) is 9.84 Å². The van der Waals surface area contributed by atoms with E-state index in [1.807, 2.05) is 0 Å². The molecule has 0 fully saturated rings. The van der Waals surface area contributed by atoms with Gasteiger partial charge in [0.25, 0.3) is 0 Å². The summed E-state index contributed by atoms with van der Waals surface area (Å²) in [6, 6.07) is 4.93. The number of para-hydroxylation sites is 1. The maximum absolute atomic E-state index is 11.1. The molecule has 6 heteroatoms. The number of aromatic carboxylic acids is 1. The first-order valence-electron chi connectivity index (χ1n) is 5.06. The minimum absolute atomic E-state index is 0.0977. The number of benzene rings is 1. The average Bonchev–Trinajstić information content (AvgIpc) is 2.34. The lowest BCUT2D eigenvalue weighted by Gasteiger charge is -2.11. The van der Waals surface area contributed by atoms with Crippen LogP contribution in [-0.2, 0) is 0 Å². The summed E-state index contributed by atoms with van der Waals surface area (Å²) in [6.07, 6.45) is 2.86. The number of aryl methyl sites for hydroxylation is 1. The Morgan fingerprint density at radius 3 is 2.89 bits per heavy atom. The van der Waals surface area contributed by atoms with Gasteiger partial charge in [-0.2, -0.15) is 0 Å². The molecule has 18 heavy (non-hydrogen) atoms. The number of nitrogens with zero attached hydrogens (tertiary/aromatic N) is 2. The highest BCUT2D eigenvalue weighted by Gasteiger charge is 2.15. The summed E-state index contributed by atoms with van der Waals surface area (Å²) in [7, 11) is 0. The predicted octanol–water partition coefficient (Wildman–Crippen LogP) is 3.04. The molecule has 2 aromatic rings. The molecule has 0 amide bonds. The lowest BCUT2D eigenvalue weighted by molar-refractivity contribution is 0.0694. The number of halogens is 1. The van der Waals surface area contributed by atoms with E-state index in [1.165, 1.54) is 18.6 Å². The topological polar surface area (TPSA) is 72.3 Å². The molecule has 92 valence electrons. The third-order valence-corrected chi connectivity index (χ3v) is 2.82. The summed E-state index contributed by atoms with van der Waals surface area (Å²) in [5.74, 6) is -0.481. The number of hydrogen-bond acceptors (Lipinski definition) is 4. The summed E-state index contributed by atoms with van der Waals surface area (Å²) in [6.45, 7) is 1.77. The van der Waals surface area contributed by atoms with Gasteiger partial charge in [-0.1, -0.05) is 12.1 Å². The number of hydrogen-bond donors (Lipinski definition) is 1. The molecule has 0 aliphatic rings. The van der Waals surface area contributed by atoms with Crippen LogP contribution in [0.25, 0.3) is 0 Å². The smallest absolute Gasteiger partial charge is 0.339 e. The molecule has 0 saturated heterocycles. The lowest BCUT2D eigenvalue weighted by atomic mass is 10.1. The molecule has 2 rings (SSSR count). The van der Waals surface area contributed by atoms with Crippen LogP contribution in [0.1, 0.15) is 15.9 Å². The third-order valence-electron chi connectivity index (χ3n) is 2.27. The minimum Gasteiger partial charge on any atom is -0.478 e. The zero-order valence-electron chi connectivity index (χ0n) is 9.42. The number of carboxylic acid groups (broad SMARTS) is 1. The normalized spacial score (nSPS) is 10.1. The van der Waals surface area contributed by atoms with E-state index >= 15 is 0 Å². The van der Waals surface area contributed by atoms with Gasteiger partial charge >= 0.3 is 5.97 Å². The predicted molar refractivity (Wildman–Crippen MR) is 67.9 cm³/mol. The zero-order chi connectivity index (χ0) is 13.1. The van der Waals surface area contributed by atoms with Crippen molar-refractivity contribution in [3.63, 3.8) is 0 Å². The molecule has 1 aromatic carbocycles. The van der Waals surface area contributed by atoms with Crippen molar-refractivity contribution < 1.29 is 14.6 Å². The van der Waals surface area contributed by atoms with Crippen LogP contribution < -0.4 is 4.74 Å². The van der Waals surface area contributed by atoms with E-state index in [9.17, 15) is 4.79 Å². The molecule has 0 spiro atoms. The van der Waals surface area contributed by atoms with Gasteiger partial charge in [0, 0.05) is 6.20 Å². The summed E-state index contributed by atoms with van der Waals surface area (Å²) in [5.41, 5.74) is 0.820. The summed E-state index contributed by atoms with van der Waals surface area (Å²) >= 11 is 3.24. The Balaban J connectivity index is 2.46. The molecular formula is C12H9BrN2O3. The van der Waals surface area contributed by atoms with Crippen molar-refractivity contribution >= 4 is 21.9 Å². The van der Waals surface area contributed by atoms with Gasteiger partial charge in [0.2, 0.25) is 5.88 Å². The van der Waals surface area contributed by atoms with Crippen LogP contribution >= 0.6 is 15.9 Å². The van der Waals surface area contributed by atoms with Crippen LogP contribution in [0.5, 0.6) is 11.6 Å². The van der Waals surface area contributed by atoms with Gasteiger partial charge < -0.3 is 9.84 Å². The third kappa shape index (κ3) is 2.48. The molecule has 0 saturated carbocycles. The molecule has 1 N–H and O–H groups in total. The first-order chi connectivity index (χ1) is 8.59. The highest BCUT2D eigenvalue weighted by molar-refractivity contribution is 9.10. The van der Waals surface area contributed by atoms with Crippen molar-refractivity contribution in [1.82, 2.24) is 9.97 Å². The Labute approximate surface area is 112 Å². The number of rotatable bonds is 3. The first kappa shape index (κ1) is 12.5. The molecule has 0 aliphatic carbocycles. The van der Waals surface area contributed by atoms with E-state index in [-0.39, 0.29) is 17.2 Å². The molecule has 0 radical (unpaired) electrons. The van der Waals surface area contributed by atoms with Gasteiger partial charge in [-0.15, -0.1) is 0 Å². The number of carboxylic acids is 1. The van der Waals surface area contributed by atoms with Crippen molar-refractivity contribution in [1.29, 1.82) is 0 Å². The van der Waals surface area contributed by atoms with Crippen LogP contribution in [0.2, 0.25) is 0 Å². The van der Waals surface area contributed by atoms with Crippen molar-refractivity contribution in [3.05, 3.63) is 46.3 Å². The fourth-order valence-corrected chi connectivity index (χ4v) is 1.73. The van der Waals surface area contributed by atoms with E-state index in [0.717, 1.165) is 5.56 Å². The monoisotopic (exact) mass is 308 g/mol. The Hall–Kier alpha value is -1.95. The van der Waals surface area contributed by atoms with E-state index < -0.39 is 5.97 Å². The van der Waals surface area contributed by atoms with Crippen LogP contribution in [0.15, 0.2) is 35.2 Å². The zero-order valence-corrected chi connectivity index (χ0v) is 11.0. The molecule has 0 unspecified atom stereocenters. The first-order valence-corrected chi connectivity index (χ1v) is 5.85. The summed E-state index contributed by atoms with van der Waals surface area (Å²) in [4.78, 5) is 18.9. The second kappa shape index (κ2) is 5.14. The van der Waals surface area contributed by atoms with Gasteiger partial charge in [0.15, 0.2) is 0 Å². The molecule has 0 aliphatic heterocycles. The van der Waals surface area contributed by atoms with Gasteiger partial charge in [0.05, 0.1) is 4.47 Å². The quantitative estimate of drug-likeness (QED) is 0.943. The average molecular weight is 309 g/mol. The van der Waals surface area contributed by atoms with Crippen molar-refractivity contribution in [2.75, 3.05) is 0 Å². The van der Waals surface area contributed by atoms with Crippen LogP contribution in [0.3, 0.4) is 0 Å². The summed E-state index contributed by atoms with van der Waals surface area (Å²) < 4.78 is 6.11. The summed E-state index contributed by atoms with van der Waals surface area (Å²) in [5, 5.41) is 9.11. The standard InChI is InChI=1S/C12H9BrN2O3/c1-7-3-2-4-8(12(16)17)10(7)18-11-9(13)5-14-6-15-11/h2-6H,1H3,(H,16,17). The van der Waals surface area contributed by atoms with Gasteiger partial charge in [-0.05, 0) is 34.5 Å². The number of carbonyl (C=O) groups is 1. The fraction of sp³-hybridized carbons (Fsp3) is 0.0833. The maximum atomic E-state index is 11.1. The van der Waals surface area contributed by atoms with E-state index in [2.05, 4.69) is 25.9 Å². The van der Waals surface area contributed by atoms with Crippen molar-refractivity contribution in [2.24, 2.45) is 0 Å². The highest BCUT2D eigenvalue weighted by Crippen LogP contribution is 2.31. The maximum Gasteiger partial charge on any atom is 0.339 e. The Kier molecular flexibility index (Phi) is 3.57. The second-order valence-electron chi connectivity index (χ2n) is 3.53. The Morgan fingerprint density at radius 1 is 1.44 bits per heavy atom. The molecular weight excluding hydrogens is 300 g/mol. The SMILES string of the molecule is Cc1cccc(C(=O)O)c1Oc1ncncc1Br. The molecule has 0 bridgehead atoms. The molecule has 1 heterocycles. The molecule has 5 nitrogen and oxygen atoms in total. The number of ether oxygens (including phenoxy) is 1. The van der Waals surface area contributed by atoms with Crippen LogP contribution in [0.4, 0.5) is 0 Å². The fourth-order valence-electron chi connectivity index (χ4n) is 1.43. The van der Waals surface area contributed by atoms with Gasteiger partial charge in [-0.25, -0.2) is 14.8 Å². The van der Waals surface area contributed by atoms with E-state index in [1.54, 1.807) is 19.1 Å². The van der Waals surface area contributed by atoms with E-state index in [0.29, 0.717) is 4.47 Å². The molecule has 0 atom stereocenters. The lowest BCUT2D eigenvalue weighted by Crippen LogP contribution is -2.02. The van der Waals surface area contributed by atoms with Crippen molar-refractivity contribution in [2.45, 2.75) is 6.92 Å². The highest BCUT2D eigenvalue weighted by atomic mass is 79.9. The van der Waals surface area contributed by atoms with Gasteiger partial charge in [-0.3, -0.25) is 0 Å². The minimum atomic E-state index is -1.04. The Morgan fingerprint density at radius 2 is 2.22 bits per heavy atom.